The van der Waals surface area contributed by atoms with Crippen LogP contribution in [0.25, 0.3) is 0 Å². The first-order chi connectivity index (χ1) is 13.6. The third-order valence-corrected chi connectivity index (χ3v) is 5.02. The summed E-state index contributed by atoms with van der Waals surface area (Å²) in [5.74, 6) is -0.139. The molecule has 0 aliphatic heterocycles. The number of benzene rings is 2. The minimum absolute atomic E-state index is 0.00890. The number of carbonyl (C=O) groups is 2. The molecule has 0 saturated carbocycles. The molecule has 4 nitrogen and oxygen atoms in total. The molecule has 0 spiro atoms. The number of carbonyl (C=O) groups excluding carboxylic acids is 2. The number of hydrogen-bond acceptors (Lipinski definition) is 2. The van der Waals surface area contributed by atoms with Gasteiger partial charge in [0.2, 0.25) is 11.8 Å². The Bertz CT molecular complexity index is 835. The Morgan fingerprint density at radius 1 is 1.00 bits per heavy atom. The van der Waals surface area contributed by atoms with Crippen molar-refractivity contribution < 1.29 is 9.59 Å². The van der Waals surface area contributed by atoms with E-state index in [1.54, 1.807) is 4.90 Å². The maximum Gasteiger partial charge on any atom is 0.242 e. The largest absolute Gasteiger partial charge is 0.350 e. The zero-order valence-electron chi connectivity index (χ0n) is 18.6. The smallest absolute Gasteiger partial charge is 0.242 e. The molecule has 2 rings (SSSR count). The molecule has 0 aliphatic rings. The lowest BCUT2D eigenvalue weighted by atomic mass is 10.0. The fourth-order valence-corrected chi connectivity index (χ4v) is 3.18. The lowest BCUT2D eigenvalue weighted by Crippen LogP contribution is -2.52. The van der Waals surface area contributed by atoms with E-state index in [0.717, 1.165) is 16.7 Å². The normalized spacial score (nSPS) is 12.3. The van der Waals surface area contributed by atoms with Gasteiger partial charge in [-0.15, -0.1) is 0 Å². The van der Waals surface area contributed by atoms with Crippen LogP contribution in [-0.4, -0.2) is 28.3 Å². The van der Waals surface area contributed by atoms with Crippen molar-refractivity contribution in [3.8, 4) is 0 Å². The maximum atomic E-state index is 13.2. The highest BCUT2D eigenvalue weighted by atomic mass is 16.2. The van der Waals surface area contributed by atoms with Crippen LogP contribution < -0.4 is 5.32 Å². The van der Waals surface area contributed by atoms with Crippen LogP contribution in [0.15, 0.2) is 48.5 Å². The lowest BCUT2D eigenvalue weighted by molar-refractivity contribution is -0.141. The van der Waals surface area contributed by atoms with Gasteiger partial charge in [-0.25, -0.2) is 0 Å². The molecule has 1 N–H and O–H groups in total. The summed E-state index contributed by atoms with van der Waals surface area (Å²) in [4.78, 5) is 27.6. The Balaban J connectivity index is 2.18. The van der Waals surface area contributed by atoms with Crippen molar-refractivity contribution in [3.63, 3.8) is 0 Å². The summed E-state index contributed by atoms with van der Waals surface area (Å²) in [6, 6.07) is 15.7. The third kappa shape index (κ3) is 7.04. The van der Waals surface area contributed by atoms with Crippen molar-refractivity contribution in [3.05, 3.63) is 70.8 Å². The number of amides is 2. The Labute approximate surface area is 175 Å². The SMILES string of the molecule is Cc1ccc(CCC(=O)N(Cc2ccccc2C)C(C)C(=O)NC(C)(C)C)cc1. The Kier molecular flexibility index (Phi) is 7.60. The van der Waals surface area contributed by atoms with Crippen LogP contribution in [0.1, 0.15) is 56.4 Å². The van der Waals surface area contributed by atoms with Crippen molar-refractivity contribution in [1.82, 2.24) is 10.2 Å². The maximum absolute atomic E-state index is 13.2. The number of aryl methyl sites for hydroxylation is 3. The van der Waals surface area contributed by atoms with E-state index >= 15 is 0 Å². The summed E-state index contributed by atoms with van der Waals surface area (Å²) in [5.41, 5.74) is 4.17. The van der Waals surface area contributed by atoms with Crippen molar-refractivity contribution in [2.24, 2.45) is 0 Å². The Morgan fingerprint density at radius 2 is 1.62 bits per heavy atom. The lowest BCUT2D eigenvalue weighted by Gasteiger charge is -2.32. The van der Waals surface area contributed by atoms with Gasteiger partial charge in [0.1, 0.15) is 6.04 Å². The van der Waals surface area contributed by atoms with Gasteiger partial charge in [0.05, 0.1) is 0 Å². The molecular formula is C25H34N2O2. The van der Waals surface area contributed by atoms with Gasteiger partial charge in [-0.05, 0) is 64.7 Å². The first-order valence-electron chi connectivity index (χ1n) is 10.3. The summed E-state index contributed by atoms with van der Waals surface area (Å²) >= 11 is 0. The summed E-state index contributed by atoms with van der Waals surface area (Å²) < 4.78 is 0. The zero-order valence-corrected chi connectivity index (χ0v) is 18.6. The first kappa shape index (κ1) is 22.7. The number of hydrogen-bond donors (Lipinski definition) is 1. The molecule has 1 unspecified atom stereocenters. The average Bonchev–Trinajstić information content (AvgIpc) is 2.65. The number of nitrogens with one attached hydrogen (secondary N) is 1. The Hall–Kier alpha value is -2.62. The van der Waals surface area contributed by atoms with E-state index in [1.807, 2.05) is 65.8 Å². The number of nitrogens with zero attached hydrogens (tertiary/aromatic N) is 1. The van der Waals surface area contributed by atoms with Crippen LogP contribution in [0.4, 0.5) is 0 Å². The standard InChI is InChI=1S/C25H34N2O2/c1-18-11-13-21(14-12-18)15-16-23(28)27(17-22-10-8-7-9-19(22)2)20(3)24(29)26-25(4,5)6/h7-14,20H,15-17H2,1-6H3,(H,26,29). The highest BCUT2D eigenvalue weighted by molar-refractivity contribution is 5.87. The molecule has 2 aromatic rings. The van der Waals surface area contributed by atoms with Gasteiger partial charge in [-0.3, -0.25) is 9.59 Å². The summed E-state index contributed by atoms with van der Waals surface area (Å²) in [5, 5.41) is 3.00. The second-order valence-electron chi connectivity index (χ2n) is 8.85. The van der Waals surface area contributed by atoms with Crippen LogP contribution >= 0.6 is 0 Å². The van der Waals surface area contributed by atoms with Gasteiger partial charge in [0.15, 0.2) is 0 Å². The van der Waals surface area contributed by atoms with E-state index in [1.165, 1.54) is 5.56 Å². The van der Waals surface area contributed by atoms with Crippen LogP contribution in [0.3, 0.4) is 0 Å². The zero-order chi connectivity index (χ0) is 21.6. The summed E-state index contributed by atoms with van der Waals surface area (Å²) in [6.45, 7) is 12.2. The molecule has 2 amide bonds. The molecule has 1 atom stereocenters. The van der Waals surface area contributed by atoms with E-state index in [9.17, 15) is 9.59 Å². The minimum atomic E-state index is -0.542. The highest BCUT2D eigenvalue weighted by Crippen LogP contribution is 2.16. The average molecular weight is 395 g/mol. The van der Waals surface area contributed by atoms with Crippen LogP contribution in [0, 0.1) is 13.8 Å². The van der Waals surface area contributed by atoms with E-state index in [4.69, 9.17) is 0 Å². The Morgan fingerprint density at radius 3 is 2.21 bits per heavy atom. The first-order valence-corrected chi connectivity index (χ1v) is 10.3. The van der Waals surface area contributed by atoms with E-state index in [-0.39, 0.29) is 17.4 Å². The molecule has 2 aromatic carbocycles. The van der Waals surface area contributed by atoms with Gasteiger partial charge < -0.3 is 10.2 Å². The van der Waals surface area contributed by atoms with Crippen molar-refractivity contribution >= 4 is 11.8 Å². The monoisotopic (exact) mass is 394 g/mol. The molecule has 0 saturated heterocycles. The van der Waals surface area contributed by atoms with Crippen molar-refractivity contribution in [1.29, 1.82) is 0 Å². The van der Waals surface area contributed by atoms with Gasteiger partial charge in [-0.1, -0.05) is 54.1 Å². The molecule has 156 valence electrons. The number of rotatable bonds is 7. The van der Waals surface area contributed by atoms with Gasteiger partial charge >= 0.3 is 0 Å². The fraction of sp³-hybridized carbons (Fsp3) is 0.440. The van der Waals surface area contributed by atoms with Gasteiger partial charge in [-0.2, -0.15) is 0 Å². The predicted molar refractivity (Wildman–Crippen MR) is 119 cm³/mol. The molecule has 0 aromatic heterocycles. The van der Waals surface area contributed by atoms with Gasteiger partial charge in [0.25, 0.3) is 0 Å². The molecular weight excluding hydrogens is 360 g/mol. The topological polar surface area (TPSA) is 49.4 Å². The molecule has 29 heavy (non-hydrogen) atoms. The van der Waals surface area contributed by atoms with E-state index in [2.05, 4.69) is 29.6 Å². The summed E-state index contributed by atoms with van der Waals surface area (Å²) in [6.07, 6.45) is 1.04. The minimum Gasteiger partial charge on any atom is -0.350 e. The van der Waals surface area contributed by atoms with Crippen LogP contribution in [0.2, 0.25) is 0 Å². The van der Waals surface area contributed by atoms with Gasteiger partial charge in [0, 0.05) is 18.5 Å². The van der Waals surface area contributed by atoms with Crippen LogP contribution in [0.5, 0.6) is 0 Å². The highest BCUT2D eigenvalue weighted by Gasteiger charge is 2.28. The quantitative estimate of drug-likeness (QED) is 0.748. The second kappa shape index (κ2) is 9.73. The summed E-state index contributed by atoms with van der Waals surface area (Å²) in [7, 11) is 0. The molecule has 0 bridgehead atoms. The predicted octanol–water partition coefficient (Wildman–Crippen LogP) is 4.57. The van der Waals surface area contributed by atoms with Crippen LogP contribution in [-0.2, 0) is 22.6 Å². The molecule has 0 heterocycles. The third-order valence-electron chi connectivity index (χ3n) is 5.02. The van der Waals surface area contributed by atoms with Crippen molar-refractivity contribution in [2.75, 3.05) is 0 Å². The van der Waals surface area contributed by atoms with E-state index in [0.29, 0.717) is 19.4 Å². The second-order valence-corrected chi connectivity index (χ2v) is 8.85. The van der Waals surface area contributed by atoms with Crippen molar-refractivity contribution in [2.45, 2.75) is 72.5 Å². The molecule has 4 heteroatoms. The molecule has 0 fully saturated rings. The van der Waals surface area contributed by atoms with E-state index < -0.39 is 6.04 Å². The molecule has 0 aliphatic carbocycles. The fourth-order valence-electron chi connectivity index (χ4n) is 3.18. The molecule has 0 radical (unpaired) electrons.